The number of anilines is 1. The summed E-state index contributed by atoms with van der Waals surface area (Å²) in [5.74, 6) is 0.796. The van der Waals surface area contributed by atoms with Crippen molar-refractivity contribution >= 4 is 23.5 Å². The third kappa shape index (κ3) is 4.43. The predicted molar refractivity (Wildman–Crippen MR) is 113 cm³/mol. The van der Waals surface area contributed by atoms with Crippen LogP contribution in [0.15, 0.2) is 23.1 Å². The lowest BCUT2D eigenvalue weighted by atomic mass is 10.2. The monoisotopic (exact) mass is 397 g/mol. The second kappa shape index (κ2) is 8.85. The average Bonchev–Trinajstić information content (AvgIpc) is 3.24. The maximum Gasteiger partial charge on any atom is 0.235 e. The van der Waals surface area contributed by atoms with Gasteiger partial charge in [0.25, 0.3) is 0 Å². The fourth-order valence-corrected chi connectivity index (χ4v) is 4.43. The fourth-order valence-electron chi connectivity index (χ4n) is 3.62. The number of carbonyl (C=O) groups excluding carboxylic acids is 1. The number of aryl methyl sites for hydroxylation is 2. The number of amides is 1. The van der Waals surface area contributed by atoms with Crippen LogP contribution in [-0.2, 0) is 16.1 Å². The average molecular weight is 398 g/mol. The highest BCUT2D eigenvalue weighted by molar-refractivity contribution is 8.00. The predicted octanol–water partition coefficient (Wildman–Crippen LogP) is 4.50. The normalized spacial score (nSPS) is 16.2. The number of thioether (sulfide) groups is 1. The van der Waals surface area contributed by atoms with Crippen LogP contribution in [0, 0.1) is 39.0 Å². The van der Waals surface area contributed by atoms with Gasteiger partial charge in [0, 0.05) is 17.2 Å². The molecule has 2 aromatic rings. The molecule has 5 nitrogen and oxygen atoms in total. The Morgan fingerprint density at radius 3 is 2.79 bits per heavy atom. The Kier molecular flexibility index (Phi) is 6.48. The van der Waals surface area contributed by atoms with Crippen molar-refractivity contribution in [2.75, 3.05) is 17.7 Å². The topological polar surface area (TPSA) is 67.0 Å². The zero-order valence-corrected chi connectivity index (χ0v) is 17.8. The van der Waals surface area contributed by atoms with E-state index in [9.17, 15) is 10.1 Å². The van der Waals surface area contributed by atoms with Gasteiger partial charge in [0.2, 0.25) is 5.91 Å². The highest BCUT2D eigenvalue weighted by Crippen LogP contribution is 2.29. The van der Waals surface area contributed by atoms with Crippen molar-refractivity contribution in [3.05, 3.63) is 46.1 Å². The van der Waals surface area contributed by atoms with Gasteiger partial charge in [0.1, 0.15) is 11.9 Å². The van der Waals surface area contributed by atoms with E-state index in [0.29, 0.717) is 23.7 Å². The molecule has 0 saturated carbocycles. The Morgan fingerprint density at radius 2 is 2.14 bits per heavy atom. The Balaban J connectivity index is 1.75. The molecule has 0 bridgehead atoms. The van der Waals surface area contributed by atoms with Crippen LogP contribution in [0.3, 0.4) is 0 Å². The van der Waals surface area contributed by atoms with E-state index in [1.54, 1.807) is 0 Å². The van der Waals surface area contributed by atoms with Crippen LogP contribution in [0.2, 0.25) is 0 Å². The molecule has 1 aliphatic rings. The molecule has 1 atom stereocenters. The van der Waals surface area contributed by atoms with Crippen LogP contribution in [0.4, 0.5) is 5.82 Å². The number of carbonyl (C=O) groups is 1. The number of hydrogen-bond acceptors (Lipinski definition) is 4. The summed E-state index contributed by atoms with van der Waals surface area (Å²) < 4.78 is 7.79. The van der Waals surface area contributed by atoms with Crippen molar-refractivity contribution in [3.8, 4) is 6.07 Å². The first-order chi connectivity index (χ1) is 13.4. The van der Waals surface area contributed by atoms with Gasteiger partial charge in [-0.15, -0.1) is 11.8 Å². The summed E-state index contributed by atoms with van der Waals surface area (Å²) in [6.45, 7) is 9.48. The summed E-state index contributed by atoms with van der Waals surface area (Å²) in [5, 5.41) is 12.6. The first-order valence-corrected chi connectivity index (χ1v) is 10.6. The van der Waals surface area contributed by atoms with E-state index in [0.717, 1.165) is 35.6 Å². The van der Waals surface area contributed by atoms with Gasteiger partial charge in [-0.1, -0.05) is 17.7 Å². The van der Waals surface area contributed by atoms with Gasteiger partial charge in [0.15, 0.2) is 0 Å². The van der Waals surface area contributed by atoms with E-state index in [1.807, 2.05) is 18.4 Å². The lowest BCUT2D eigenvalue weighted by Crippen LogP contribution is -2.22. The molecule has 1 aromatic carbocycles. The molecule has 148 valence electrons. The molecule has 1 fully saturated rings. The molecule has 0 aliphatic carbocycles. The van der Waals surface area contributed by atoms with Gasteiger partial charge in [0.05, 0.1) is 24.0 Å². The van der Waals surface area contributed by atoms with Gasteiger partial charge in [-0.2, -0.15) is 5.26 Å². The Morgan fingerprint density at radius 1 is 1.36 bits per heavy atom. The van der Waals surface area contributed by atoms with E-state index >= 15 is 0 Å². The molecule has 1 aromatic heterocycles. The quantitative estimate of drug-likeness (QED) is 0.729. The molecule has 1 saturated heterocycles. The number of benzene rings is 1. The molecule has 28 heavy (non-hydrogen) atoms. The molecule has 0 spiro atoms. The maximum absolute atomic E-state index is 12.7. The Hall–Kier alpha value is -2.23. The Labute approximate surface area is 171 Å². The van der Waals surface area contributed by atoms with Crippen molar-refractivity contribution in [2.24, 2.45) is 0 Å². The van der Waals surface area contributed by atoms with Crippen LogP contribution in [0.5, 0.6) is 0 Å². The molecule has 1 unspecified atom stereocenters. The first kappa shape index (κ1) is 20.5. The Bertz CT molecular complexity index is 921. The first-order valence-electron chi connectivity index (χ1n) is 9.62. The molecule has 1 amide bonds. The summed E-state index contributed by atoms with van der Waals surface area (Å²) in [7, 11) is 0. The molecular formula is C22H27N3O2S. The molecule has 0 radical (unpaired) electrons. The minimum absolute atomic E-state index is 0.104. The summed E-state index contributed by atoms with van der Waals surface area (Å²) >= 11 is 1.52. The number of aromatic nitrogens is 1. The summed E-state index contributed by atoms with van der Waals surface area (Å²) in [6.07, 6.45) is 2.20. The van der Waals surface area contributed by atoms with Gasteiger partial charge >= 0.3 is 0 Å². The number of nitriles is 1. The van der Waals surface area contributed by atoms with E-state index in [-0.39, 0.29) is 12.0 Å². The molecule has 1 N–H and O–H groups in total. The third-order valence-electron chi connectivity index (χ3n) is 5.30. The third-order valence-corrected chi connectivity index (χ3v) is 6.47. The minimum atomic E-state index is -0.104. The standard InChI is InChI=1S/C22H27N3O2S/c1-14-7-8-20(15(2)10-14)28-13-21(26)24-22-19(11-23)16(3)17(4)25(22)12-18-6-5-9-27-18/h7-8,10,18H,5-6,9,12-13H2,1-4H3,(H,24,26). The van der Waals surface area contributed by atoms with Crippen molar-refractivity contribution in [1.82, 2.24) is 4.57 Å². The van der Waals surface area contributed by atoms with Gasteiger partial charge in [-0.3, -0.25) is 4.79 Å². The SMILES string of the molecule is Cc1ccc(SCC(=O)Nc2c(C#N)c(C)c(C)n2CC2CCCO2)c(C)c1. The van der Waals surface area contributed by atoms with Crippen LogP contribution in [0.25, 0.3) is 0 Å². The summed E-state index contributed by atoms with van der Waals surface area (Å²) in [4.78, 5) is 13.8. The number of hydrogen-bond donors (Lipinski definition) is 1. The highest BCUT2D eigenvalue weighted by atomic mass is 32.2. The van der Waals surface area contributed by atoms with E-state index in [2.05, 4.69) is 43.4 Å². The van der Waals surface area contributed by atoms with Crippen molar-refractivity contribution in [3.63, 3.8) is 0 Å². The summed E-state index contributed by atoms with van der Waals surface area (Å²) in [6, 6.07) is 8.49. The van der Waals surface area contributed by atoms with Gasteiger partial charge < -0.3 is 14.6 Å². The zero-order valence-electron chi connectivity index (χ0n) is 17.0. The number of nitrogens with one attached hydrogen (secondary N) is 1. The zero-order chi connectivity index (χ0) is 20.3. The maximum atomic E-state index is 12.7. The molecule has 6 heteroatoms. The van der Waals surface area contributed by atoms with Crippen molar-refractivity contribution in [1.29, 1.82) is 5.26 Å². The fraction of sp³-hybridized carbons (Fsp3) is 0.455. The second-order valence-corrected chi connectivity index (χ2v) is 8.41. The minimum Gasteiger partial charge on any atom is -0.376 e. The molecule has 2 heterocycles. The molecule has 1 aliphatic heterocycles. The highest BCUT2D eigenvalue weighted by Gasteiger charge is 2.24. The smallest absolute Gasteiger partial charge is 0.235 e. The second-order valence-electron chi connectivity index (χ2n) is 7.40. The van der Waals surface area contributed by atoms with E-state index < -0.39 is 0 Å². The number of nitrogens with zero attached hydrogens (tertiary/aromatic N) is 2. The largest absolute Gasteiger partial charge is 0.376 e. The molecular weight excluding hydrogens is 370 g/mol. The number of rotatable bonds is 6. The van der Waals surface area contributed by atoms with Crippen LogP contribution in [0.1, 0.15) is 40.8 Å². The van der Waals surface area contributed by atoms with E-state index in [1.165, 1.54) is 22.9 Å². The van der Waals surface area contributed by atoms with Crippen LogP contribution >= 0.6 is 11.8 Å². The lowest BCUT2D eigenvalue weighted by Gasteiger charge is -2.17. The lowest BCUT2D eigenvalue weighted by molar-refractivity contribution is -0.113. The van der Waals surface area contributed by atoms with Crippen molar-refractivity contribution in [2.45, 2.75) is 58.1 Å². The van der Waals surface area contributed by atoms with E-state index in [4.69, 9.17) is 4.74 Å². The summed E-state index contributed by atoms with van der Waals surface area (Å²) in [5.41, 5.74) is 4.84. The van der Waals surface area contributed by atoms with Crippen LogP contribution in [-0.4, -0.2) is 28.9 Å². The van der Waals surface area contributed by atoms with Gasteiger partial charge in [-0.25, -0.2) is 0 Å². The van der Waals surface area contributed by atoms with Gasteiger partial charge in [-0.05, 0) is 57.7 Å². The van der Waals surface area contributed by atoms with Crippen molar-refractivity contribution < 1.29 is 9.53 Å². The molecule has 3 rings (SSSR count). The van der Waals surface area contributed by atoms with Crippen LogP contribution < -0.4 is 5.32 Å². The number of ether oxygens (including phenoxy) is 1.